The third kappa shape index (κ3) is 4.04. The van der Waals surface area contributed by atoms with Crippen molar-refractivity contribution in [1.29, 1.82) is 0 Å². The average molecular weight is 342 g/mol. The predicted molar refractivity (Wildman–Crippen MR) is 84.0 cm³/mol. The van der Waals surface area contributed by atoms with Crippen molar-refractivity contribution in [2.75, 3.05) is 0 Å². The molecule has 7 heteroatoms. The summed E-state index contributed by atoms with van der Waals surface area (Å²) in [5.41, 5.74) is 6.26. The van der Waals surface area contributed by atoms with Crippen molar-refractivity contribution >= 4 is 29.2 Å². The summed E-state index contributed by atoms with van der Waals surface area (Å²) in [5, 5.41) is 18.4. The number of aromatic hydroxyl groups is 1. The van der Waals surface area contributed by atoms with Gasteiger partial charge in [-0.05, 0) is 24.1 Å². The van der Waals surface area contributed by atoms with Crippen LogP contribution in [0.1, 0.15) is 5.56 Å². The highest BCUT2D eigenvalue weighted by atomic mass is 35.5. The van der Waals surface area contributed by atoms with Gasteiger partial charge in [-0.2, -0.15) is 0 Å². The van der Waals surface area contributed by atoms with Crippen LogP contribution in [0.5, 0.6) is 17.2 Å². The number of halogens is 2. The molecule has 0 amide bonds. The molecule has 1 unspecified atom stereocenters. The maximum Gasteiger partial charge on any atom is 0.320 e. The van der Waals surface area contributed by atoms with Crippen LogP contribution in [0.3, 0.4) is 0 Å². The molecule has 4 N–H and O–H groups in total. The summed E-state index contributed by atoms with van der Waals surface area (Å²) in [6, 6.07) is 8.75. The first-order valence-electron chi connectivity index (χ1n) is 6.30. The SMILES string of the molecule is NC(Cc1ccc(Oc2cc(Cl)c(O)c(Cl)c2)cc1)C(=O)O. The van der Waals surface area contributed by atoms with Gasteiger partial charge in [0.05, 0.1) is 10.0 Å². The molecular weight excluding hydrogens is 329 g/mol. The normalized spacial score (nSPS) is 12.0. The van der Waals surface area contributed by atoms with Gasteiger partial charge in [0, 0.05) is 12.1 Å². The standard InChI is InChI=1S/C15H13Cl2NO4/c16-11-6-10(7-12(17)14(11)19)22-9-3-1-8(2-4-9)5-13(18)15(20)21/h1-4,6-7,13,19H,5,18H2,(H,20,21). The Balaban J connectivity index is 2.10. The summed E-state index contributed by atoms with van der Waals surface area (Å²) in [6.45, 7) is 0. The van der Waals surface area contributed by atoms with E-state index in [2.05, 4.69) is 0 Å². The summed E-state index contributed by atoms with van der Waals surface area (Å²) in [4.78, 5) is 10.7. The maximum absolute atomic E-state index is 10.7. The van der Waals surface area contributed by atoms with Crippen LogP contribution in [-0.4, -0.2) is 22.2 Å². The van der Waals surface area contributed by atoms with Gasteiger partial charge < -0.3 is 20.7 Å². The summed E-state index contributed by atoms with van der Waals surface area (Å²) < 4.78 is 5.57. The molecule has 0 aliphatic rings. The fraction of sp³-hybridized carbons (Fsp3) is 0.133. The summed E-state index contributed by atoms with van der Waals surface area (Å²) in [7, 11) is 0. The monoisotopic (exact) mass is 341 g/mol. The molecule has 0 saturated carbocycles. The van der Waals surface area contributed by atoms with E-state index < -0.39 is 12.0 Å². The van der Waals surface area contributed by atoms with E-state index in [-0.39, 0.29) is 22.2 Å². The van der Waals surface area contributed by atoms with Crippen LogP contribution in [0, 0.1) is 0 Å². The maximum atomic E-state index is 10.7. The van der Waals surface area contributed by atoms with Crippen LogP contribution < -0.4 is 10.5 Å². The van der Waals surface area contributed by atoms with Gasteiger partial charge in [-0.1, -0.05) is 35.3 Å². The van der Waals surface area contributed by atoms with Gasteiger partial charge in [0.1, 0.15) is 17.5 Å². The highest BCUT2D eigenvalue weighted by Crippen LogP contribution is 2.37. The molecule has 5 nitrogen and oxygen atoms in total. The number of rotatable bonds is 5. The first-order chi connectivity index (χ1) is 10.4. The summed E-state index contributed by atoms with van der Waals surface area (Å²) in [5.74, 6) is -0.351. The van der Waals surface area contributed by atoms with Crippen LogP contribution in [0.4, 0.5) is 0 Å². The van der Waals surface area contributed by atoms with E-state index in [1.54, 1.807) is 24.3 Å². The lowest BCUT2D eigenvalue weighted by atomic mass is 10.1. The van der Waals surface area contributed by atoms with Gasteiger partial charge in [0.25, 0.3) is 0 Å². The summed E-state index contributed by atoms with van der Waals surface area (Å²) in [6.07, 6.45) is 0.229. The van der Waals surface area contributed by atoms with Gasteiger partial charge in [-0.15, -0.1) is 0 Å². The molecular formula is C15H13Cl2NO4. The topological polar surface area (TPSA) is 92.8 Å². The number of carboxylic acids is 1. The van der Waals surface area contributed by atoms with E-state index in [9.17, 15) is 9.90 Å². The van der Waals surface area contributed by atoms with Crippen molar-refractivity contribution in [1.82, 2.24) is 0 Å². The number of phenolic OH excluding ortho intramolecular Hbond substituents is 1. The highest BCUT2D eigenvalue weighted by molar-refractivity contribution is 6.37. The number of phenols is 1. The molecule has 0 radical (unpaired) electrons. The molecule has 0 aliphatic heterocycles. The zero-order valence-electron chi connectivity index (χ0n) is 11.3. The lowest BCUT2D eigenvalue weighted by molar-refractivity contribution is -0.138. The van der Waals surface area contributed by atoms with Gasteiger partial charge in [0.2, 0.25) is 0 Å². The van der Waals surface area contributed by atoms with Crippen molar-refractivity contribution in [3.8, 4) is 17.2 Å². The zero-order valence-corrected chi connectivity index (χ0v) is 12.8. The van der Waals surface area contributed by atoms with Gasteiger partial charge in [-0.25, -0.2) is 0 Å². The molecule has 1 atom stereocenters. The minimum atomic E-state index is -1.05. The first kappa shape index (κ1) is 16.4. The lowest BCUT2D eigenvalue weighted by Crippen LogP contribution is -2.32. The molecule has 2 aromatic carbocycles. The minimum absolute atomic E-state index is 0.0894. The Morgan fingerprint density at radius 3 is 2.18 bits per heavy atom. The van der Waals surface area contributed by atoms with E-state index in [0.717, 1.165) is 5.56 Å². The van der Waals surface area contributed by atoms with Gasteiger partial charge in [-0.3, -0.25) is 4.79 Å². The number of nitrogens with two attached hydrogens (primary N) is 1. The number of hydrogen-bond donors (Lipinski definition) is 3. The molecule has 0 fully saturated rings. The van der Waals surface area contributed by atoms with E-state index >= 15 is 0 Å². The Bertz CT molecular complexity index is 665. The average Bonchev–Trinajstić information content (AvgIpc) is 2.46. The largest absolute Gasteiger partial charge is 0.505 e. The smallest absolute Gasteiger partial charge is 0.320 e. The molecule has 116 valence electrons. The molecule has 0 aromatic heterocycles. The van der Waals surface area contributed by atoms with Crippen LogP contribution in [0.15, 0.2) is 36.4 Å². The lowest BCUT2D eigenvalue weighted by Gasteiger charge is -2.10. The van der Waals surface area contributed by atoms with E-state index in [4.69, 9.17) is 38.8 Å². The molecule has 2 aromatic rings. The second-order valence-corrected chi connectivity index (χ2v) is 5.44. The van der Waals surface area contributed by atoms with Gasteiger partial charge >= 0.3 is 5.97 Å². The fourth-order valence-corrected chi connectivity index (χ4v) is 2.24. The molecule has 22 heavy (non-hydrogen) atoms. The Morgan fingerprint density at radius 1 is 1.14 bits per heavy atom. The van der Waals surface area contributed by atoms with Crippen molar-refractivity contribution in [3.05, 3.63) is 52.0 Å². The van der Waals surface area contributed by atoms with Crippen molar-refractivity contribution in [3.63, 3.8) is 0 Å². The number of hydrogen-bond acceptors (Lipinski definition) is 4. The molecule has 0 saturated heterocycles. The molecule has 0 bridgehead atoms. The number of carbonyl (C=O) groups is 1. The van der Waals surface area contributed by atoms with E-state index in [1.807, 2.05) is 0 Å². The Morgan fingerprint density at radius 2 is 1.68 bits per heavy atom. The molecule has 2 rings (SSSR count). The minimum Gasteiger partial charge on any atom is -0.505 e. The second kappa shape index (κ2) is 6.87. The number of aliphatic carboxylic acids is 1. The Kier molecular flexibility index (Phi) is 5.13. The molecule has 0 spiro atoms. The van der Waals surface area contributed by atoms with Crippen LogP contribution in [0.2, 0.25) is 10.0 Å². The van der Waals surface area contributed by atoms with E-state index in [0.29, 0.717) is 11.5 Å². The Labute approximate surface area is 136 Å². The second-order valence-electron chi connectivity index (χ2n) is 4.63. The van der Waals surface area contributed by atoms with Crippen LogP contribution >= 0.6 is 23.2 Å². The fourth-order valence-electron chi connectivity index (χ4n) is 1.77. The summed E-state index contributed by atoms with van der Waals surface area (Å²) >= 11 is 11.6. The third-order valence-corrected chi connectivity index (χ3v) is 3.50. The Hall–Kier alpha value is -1.95. The zero-order chi connectivity index (χ0) is 16.3. The third-order valence-electron chi connectivity index (χ3n) is 2.92. The van der Waals surface area contributed by atoms with Crippen molar-refractivity contribution in [2.45, 2.75) is 12.5 Å². The molecule has 0 aliphatic carbocycles. The highest BCUT2D eigenvalue weighted by Gasteiger charge is 2.12. The number of benzene rings is 2. The predicted octanol–water partition coefficient (Wildman–Crippen LogP) is 3.45. The van der Waals surface area contributed by atoms with E-state index in [1.165, 1.54) is 12.1 Å². The van der Waals surface area contributed by atoms with Gasteiger partial charge in [0.15, 0.2) is 5.75 Å². The first-order valence-corrected chi connectivity index (χ1v) is 7.05. The quantitative estimate of drug-likeness (QED) is 0.774. The van der Waals surface area contributed by atoms with Crippen molar-refractivity contribution in [2.24, 2.45) is 5.73 Å². The molecule has 0 heterocycles. The van der Waals surface area contributed by atoms with Crippen LogP contribution in [0.25, 0.3) is 0 Å². The number of carboxylic acid groups (broad SMARTS) is 1. The number of ether oxygens (including phenoxy) is 1. The van der Waals surface area contributed by atoms with Crippen LogP contribution in [-0.2, 0) is 11.2 Å². The van der Waals surface area contributed by atoms with Crippen molar-refractivity contribution < 1.29 is 19.7 Å².